The first kappa shape index (κ1) is 15.3. The number of para-hydroxylation sites is 1. The Kier molecular flexibility index (Phi) is 4.42. The fourth-order valence-electron chi connectivity index (χ4n) is 2.66. The zero-order valence-corrected chi connectivity index (χ0v) is 13.1. The third kappa shape index (κ3) is 3.42. The van der Waals surface area contributed by atoms with Crippen LogP contribution in [0, 0.1) is 5.82 Å². The van der Waals surface area contributed by atoms with E-state index in [2.05, 4.69) is 0 Å². The second-order valence-electron chi connectivity index (χ2n) is 5.66. The largest absolute Gasteiger partial charge is 0.344 e. The number of halogens is 1. The molecule has 0 unspecified atom stereocenters. The van der Waals surface area contributed by atoms with Crippen molar-refractivity contribution < 1.29 is 9.18 Å². The first-order chi connectivity index (χ1) is 11.1. The highest BCUT2D eigenvalue weighted by Crippen LogP contribution is 2.15. The van der Waals surface area contributed by atoms with Crippen LogP contribution in [0.15, 0.2) is 60.8 Å². The number of carbonyl (C=O) groups excluding carboxylic acids is 1. The van der Waals surface area contributed by atoms with Crippen molar-refractivity contribution in [1.82, 2.24) is 9.47 Å². The van der Waals surface area contributed by atoms with Crippen molar-refractivity contribution in [1.29, 1.82) is 0 Å². The molecule has 0 saturated carbocycles. The van der Waals surface area contributed by atoms with E-state index in [-0.39, 0.29) is 11.7 Å². The van der Waals surface area contributed by atoms with Gasteiger partial charge in [0.05, 0.1) is 0 Å². The molecule has 0 aliphatic heterocycles. The molecule has 3 rings (SSSR count). The Bertz CT molecular complexity index is 825. The van der Waals surface area contributed by atoms with Crippen molar-refractivity contribution in [3.8, 4) is 0 Å². The van der Waals surface area contributed by atoms with E-state index in [1.54, 1.807) is 24.1 Å². The summed E-state index contributed by atoms with van der Waals surface area (Å²) < 4.78 is 15.6. The van der Waals surface area contributed by atoms with E-state index in [4.69, 9.17) is 0 Å². The van der Waals surface area contributed by atoms with Crippen LogP contribution in [0.1, 0.15) is 5.56 Å². The van der Waals surface area contributed by atoms with Crippen LogP contribution in [-0.2, 0) is 17.8 Å². The lowest BCUT2D eigenvalue weighted by atomic mass is 10.1. The standard InChI is InChI=1S/C19H19FN2O/c1-21(12-10-15-6-2-4-8-17(15)20)19(23)14-22-13-11-16-7-3-5-9-18(16)22/h2-9,11,13H,10,12,14H2,1H3. The average Bonchev–Trinajstić information content (AvgIpc) is 2.97. The van der Waals surface area contributed by atoms with Crippen molar-refractivity contribution in [3.63, 3.8) is 0 Å². The van der Waals surface area contributed by atoms with E-state index in [1.165, 1.54) is 6.07 Å². The minimum Gasteiger partial charge on any atom is -0.344 e. The molecule has 0 aliphatic rings. The summed E-state index contributed by atoms with van der Waals surface area (Å²) in [6, 6.07) is 16.7. The van der Waals surface area contributed by atoms with E-state index in [0.29, 0.717) is 25.1 Å². The Morgan fingerprint density at radius 3 is 2.65 bits per heavy atom. The second-order valence-corrected chi connectivity index (χ2v) is 5.66. The Balaban J connectivity index is 1.63. The van der Waals surface area contributed by atoms with Gasteiger partial charge in [0, 0.05) is 25.3 Å². The van der Waals surface area contributed by atoms with Gasteiger partial charge in [-0.2, -0.15) is 0 Å². The van der Waals surface area contributed by atoms with Gasteiger partial charge in [-0.3, -0.25) is 4.79 Å². The number of likely N-dealkylation sites (N-methyl/N-ethyl adjacent to an activating group) is 1. The molecule has 0 saturated heterocycles. The van der Waals surface area contributed by atoms with E-state index in [1.807, 2.05) is 47.2 Å². The maximum absolute atomic E-state index is 13.6. The van der Waals surface area contributed by atoms with Crippen LogP contribution >= 0.6 is 0 Å². The third-order valence-corrected chi connectivity index (χ3v) is 4.09. The summed E-state index contributed by atoms with van der Waals surface area (Å²) in [5.41, 5.74) is 1.68. The van der Waals surface area contributed by atoms with Gasteiger partial charge in [0.25, 0.3) is 0 Å². The van der Waals surface area contributed by atoms with E-state index >= 15 is 0 Å². The quantitative estimate of drug-likeness (QED) is 0.708. The normalized spacial score (nSPS) is 10.9. The number of rotatable bonds is 5. The van der Waals surface area contributed by atoms with Gasteiger partial charge < -0.3 is 9.47 Å². The molecule has 0 aliphatic carbocycles. The SMILES string of the molecule is CN(CCc1ccccc1F)C(=O)Cn1ccc2ccccc21. The summed E-state index contributed by atoms with van der Waals surface area (Å²) >= 11 is 0. The number of benzene rings is 2. The minimum atomic E-state index is -0.218. The van der Waals surface area contributed by atoms with Crippen LogP contribution < -0.4 is 0 Å². The Hall–Kier alpha value is -2.62. The van der Waals surface area contributed by atoms with Crippen molar-refractivity contribution in [2.24, 2.45) is 0 Å². The fraction of sp³-hybridized carbons (Fsp3) is 0.211. The molecule has 4 heteroatoms. The van der Waals surface area contributed by atoms with Gasteiger partial charge in [0.15, 0.2) is 0 Å². The molecular formula is C19H19FN2O. The molecule has 1 amide bonds. The Morgan fingerprint density at radius 1 is 1.09 bits per heavy atom. The van der Waals surface area contributed by atoms with Gasteiger partial charge in [-0.1, -0.05) is 36.4 Å². The molecule has 23 heavy (non-hydrogen) atoms. The predicted molar refractivity (Wildman–Crippen MR) is 89.7 cm³/mol. The molecule has 1 aromatic heterocycles. The second kappa shape index (κ2) is 6.65. The van der Waals surface area contributed by atoms with Crippen LogP contribution in [0.3, 0.4) is 0 Å². The molecule has 0 bridgehead atoms. The van der Waals surface area contributed by atoms with Crippen LogP contribution in [0.4, 0.5) is 4.39 Å². The number of aromatic nitrogens is 1. The Labute approximate surface area is 135 Å². The van der Waals surface area contributed by atoms with Gasteiger partial charge >= 0.3 is 0 Å². The zero-order valence-electron chi connectivity index (χ0n) is 13.1. The molecule has 0 fully saturated rings. The van der Waals surface area contributed by atoms with E-state index in [0.717, 1.165) is 10.9 Å². The van der Waals surface area contributed by atoms with Crippen LogP contribution in [0.2, 0.25) is 0 Å². The number of carbonyl (C=O) groups is 1. The maximum atomic E-state index is 13.6. The average molecular weight is 310 g/mol. The summed E-state index contributed by atoms with van der Waals surface area (Å²) in [5, 5.41) is 1.12. The van der Waals surface area contributed by atoms with Crippen LogP contribution in [0.5, 0.6) is 0 Å². The van der Waals surface area contributed by atoms with Crippen molar-refractivity contribution in [2.45, 2.75) is 13.0 Å². The molecule has 3 nitrogen and oxygen atoms in total. The summed E-state index contributed by atoms with van der Waals surface area (Å²) in [6.45, 7) is 0.792. The van der Waals surface area contributed by atoms with Crippen molar-refractivity contribution >= 4 is 16.8 Å². The monoisotopic (exact) mass is 310 g/mol. The number of hydrogen-bond acceptors (Lipinski definition) is 1. The number of fused-ring (bicyclic) bond motifs is 1. The van der Waals surface area contributed by atoms with E-state index < -0.39 is 0 Å². The molecule has 0 spiro atoms. The molecule has 0 atom stereocenters. The molecule has 1 heterocycles. The highest BCUT2D eigenvalue weighted by molar-refractivity contribution is 5.83. The molecule has 2 aromatic carbocycles. The Morgan fingerprint density at radius 2 is 1.83 bits per heavy atom. The first-order valence-corrected chi connectivity index (χ1v) is 7.66. The molecule has 0 radical (unpaired) electrons. The zero-order chi connectivity index (χ0) is 16.2. The van der Waals surface area contributed by atoms with Gasteiger partial charge in [0.2, 0.25) is 5.91 Å². The smallest absolute Gasteiger partial charge is 0.242 e. The van der Waals surface area contributed by atoms with Crippen molar-refractivity contribution in [3.05, 3.63) is 72.2 Å². The highest BCUT2D eigenvalue weighted by atomic mass is 19.1. The molecule has 0 N–H and O–H groups in total. The fourth-order valence-corrected chi connectivity index (χ4v) is 2.66. The van der Waals surface area contributed by atoms with E-state index in [9.17, 15) is 9.18 Å². The highest BCUT2D eigenvalue weighted by Gasteiger charge is 2.12. The first-order valence-electron chi connectivity index (χ1n) is 7.66. The third-order valence-electron chi connectivity index (χ3n) is 4.09. The summed E-state index contributed by atoms with van der Waals surface area (Å²) in [4.78, 5) is 14.0. The van der Waals surface area contributed by atoms with Crippen LogP contribution in [-0.4, -0.2) is 29.0 Å². The lowest BCUT2D eigenvalue weighted by molar-refractivity contribution is -0.130. The lowest BCUT2D eigenvalue weighted by Gasteiger charge is -2.18. The maximum Gasteiger partial charge on any atom is 0.242 e. The lowest BCUT2D eigenvalue weighted by Crippen LogP contribution is -2.31. The van der Waals surface area contributed by atoms with Crippen molar-refractivity contribution in [2.75, 3.05) is 13.6 Å². The molecular weight excluding hydrogens is 291 g/mol. The number of amides is 1. The van der Waals surface area contributed by atoms with Crippen LogP contribution in [0.25, 0.3) is 10.9 Å². The summed E-state index contributed by atoms with van der Waals surface area (Å²) in [5.74, 6) is -0.201. The number of hydrogen-bond donors (Lipinski definition) is 0. The minimum absolute atomic E-state index is 0.0164. The molecule has 118 valence electrons. The summed E-state index contributed by atoms with van der Waals surface area (Å²) in [7, 11) is 1.76. The topological polar surface area (TPSA) is 25.2 Å². The van der Waals surface area contributed by atoms with Gasteiger partial charge in [-0.15, -0.1) is 0 Å². The summed E-state index contributed by atoms with van der Waals surface area (Å²) in [6.07, 6.45) is 2.44. The number of nitrogens with zero attached hydrogens (tertiary/aromatic N) is 2. The molecule has 3 aromatic rings. The van der Waals surface area contributed by atoms with Gasteiger partial charge in [-0.25, -0.2) is 4.39 Å². The predicted octanol–water partition coefficient (Wildman–Crippen LogP) is 3.48. The van der Waals surface area contributed by atoms with Gasteiger partial charge in [0.1, 0.15) is 12.4 Å². The van der Waals surface area contributed by atoms with Gasteiger partial charge in [-0.05, 0) is 35.6 Å².